The Morgan fingerprint density at radius 3 is 2.74 bits per heavy atom. The highest BCUT2D eigenvalue weighted by atomic mass is 35.5. The van der Waals surface area contributed by atoms with E-state index < -0.39 is 0 Å². The molecule has 0 atom stereocenters. The van der Waals surface area contributed by atoms with Gasteiger partial charge in [0.15, 0.2) is 5.65 Å². The number of hydrogen-bond acceptors (Lipinski definition) is 5. The van der Waals surface area contributed by atoms with Crippen LogP contribution in [0.2, 0.25) is 5.02 Å². The first-order chi connectivity index (χ1) is 16.6. The molecule has 1 fully saturated rings. The third-order valence-electron chi connectivity index (χ3n) is 6.34. The topological polar surface area (TPSA) is 74.6 Å². The molecule has 8 heteroatoms. The number of nitrogens with zero attached hydrogens (tertiary/aromatic N) is 4. The molecule has 0 spiro atoms. The third-order valence-corrected chi connectivity index (χ3v) is 6.57. The molecule has 0 saturated carbocycles. The molecule has 2 aromatic carbocycles. The quantitative estimate of drug-likeness (QED) is 0.422. The molecule has 1 saturated heterocycles. The van der Waals surface area contributed by atoms with Crippen LogP contribution in [0.3, 0.4) is 0 Å². The smallest absolute Gasteiger partial charge is 0.274 e. The fourth-order valence-corrected chi connectivity index (χ4v) is 4.75. The van der Waals surface area contributed by atoms with Crippen molar-refractivity contribution >= 4 is 34.5 Å². The molecule has 174 valence electrons. The van der Waals surface area contributed by atoms with Crippen LogP contribution in [0.5, 0.6) is 0 Å². The molecule has 2 aromatic heterocycles. The number of carbonyl (C=O) groups is 1. The Hall–Kier alpha value is -3.42. The normalized spacial score (nSPS) is 14.5. The van der Waals surface area contributed by atoms with Gasteiger partial charge in [0.1, 0.15) is 5.69 Å². The number of fused-ring (bicyclic) bond motifs is 1. The fraction of sp³-hybridized carbons (Fsp3) is 0.269. The molecule has 5 rings (SSSR count). The molecule has 1 amide bonds. The molecular weight excluding hydrogens is 448 g/mol. The molecule has 1 aliphatic rings. The summed E-state index contributed by atoms with van der Waals surface area (Å²) in [5.41, 5.74) is 4.50. The highest BCUT2D eigenvalue weighted by Gasteiger charge is 2.21. The molecule has 2 N–H and O–H groups in total. The highest BCUT2D eigenvalue weighted by Crippen LogP contribution is 2.30. The zero-order valence-electron chi connectivity index (χ0n) is 19.0. The molecule has 0 radical (unpaired) electrons. The lowest BCUT2D eigenvalue weighted by molar-refractivity contribution is 0.102. The minimum atomic E-state index is -0.252. The van der Waals surface area contributed by atoms with E-state index in [4.69, 9.17) is 11.6 Å². The average Bonchev–Trinajstić information content (AvgIpc) is 3.28. The van der Waals surface area contributed by atoms with Crippen molar-refractivity contribution in [3.63, 3.8) is 0 Å². The van der Waals surface area contributed by atoms with Crippen molar-refractivity contribution in [3.8, 4) is 11.1 Å². The van der Waals surface area contributed by atoms with Crippen LogP contribution in [-0.4, -0.2) is 47.2 Å². The van der Waals surface area contributed by atoms with Gasteiger partial charge < -0.3 is 15.5 Å². The van der Waals surface area contributed by atoms with Crippen molar-refractivity contribution in [2.75, 3.05) is 36.9 Å². The first kappa shape index (κ1) is 22.4. The van der Waals surface area contributed by atoms with Crippen molar-refractivity contribution in [2.45, 2.75) is 12.8 Å². The first-order valence-corrected chi connectivity index (χ1v) is 11.9. The molecule has 3 heterocycles. The summed E-state index contributed by atoms with van der Waals surface area (Å²) < 4.78 is 1.66. The van der Waals surface area contributed by atoms with Gasteiger partial charge in [-0.3, -0.25) is 4.79 Å². The van der Waals surface area contributed by atoms with Gasteiger partial charge in [-0.05, 0) is 68.2 Å². The Labute approximate surface area is 203 Å². The van der Waals surface area contributed by atoms with Gasteiger partial charge >= 0.3 is 0 Å². The lowest BCUT2D eigenvalue weighted by atomic mass is 9.96. The lowest BCUT2D eigenvalue weighted by Crippen LogP contribution is -2.37. The number of benzene rings is 2. The van der Waals surface area contributed by atoms with Crippen molar-refractivity contribution in [1.82, 2.24) is 19.9 Å². The summed E-state index contributed by atoms with van der Waals surface area (Å²) in [5, 5.41) is 11.4. The van der Waals surface area contributed by atoms with Crippen molar-refractivity contribution in [1.29, 1.82) is 0 Å². The van der Waals surface area contributed by atoms with E-state index in [1.54, 1.807) is 23.0 Å². The van der Waals surface area contributed by atoms with Gasteiger partial charge in [0.2, 0.25) is 0 Å². The van der Waals surface area contributed by atoms with E-state index in [1.807, 2.05) is 49.5 Å². The monoisotopic (exact) mass is 474 g/mol. The van der Waals surface area contributed by atoms with Crippen molar-refractivity contribution in [2.24, 2.45) is 5.92 Å². The number of rotatable bonds is 6. The number of aromatic nitrogens is 3. The molecule has 0 bridgehead atoms. The van der Waals surface area contributed by atoms with E-state index in [1.165, 1.54) is 0 Å². The molecule has 0 unspecified atom stereocenters. The third kappa shape index (κ3) is 4.62. The predicted molar refractivity (Wildman–Crippen MR) is 137 cm³/mol. The van der Waals surface area contributed by atoms with E-state index in [9.17, 15) is 4.79 Å². The van der Waals surface area contributed by atoms with Gasteiger partial charge in [0, 0.05) is 29.9 Å². The Bertz CT molecular complexity index is 1310. The van der Waals surface area contributed by atoms with Gasteiger partial charge in [-0.15, -0.1) is 0 Å². The Balaban J connectivity index is 1.38. The zero-order valence-corrected chi connectivity index (χ0v) is 19.8. The Kier molecular flexibility index (Phi) is 6.47. The minimum absolute atomic E-state index is 0.252. The van der Waals surface area contributed by atoms with Crippen molar-refractivity contribution in [3.05, 3.63) is 77.7 Å². The molecule has 7 nitrogen and oxygen atoms in total. The fourth-order valence-electron chi connectivity index (χ4n) is 4.56. The minimum Gasteiger partial charge on any atom is -0.370 e. The van der Waals surface area contributed by atoms with Gasteiger partial charge in [-0.25, -0.2) is 9.50 Å². The number of carbonyl (C=O) groups excluding carboxylic acids is 1. The number of para-hydroxylation sites is 2. The van der Waals surface area contributed by atoms with E-state index >= 15 is 0 Å². The van der Waals surface area contributed by atoms with Crippen LogP contribution in [-0.2, 0) is 0 Å². The Morgan fingerprint density at radius 1 is 1.12 bits per heavy atom. The van der Waals surface area contributed by atoms with Gasteiger partial charge in [-0.1, -0.05) is 35.9 Å². The summed E-state index contributed by atoms with van der Waals surface area (Å²) in [5.74, 6) is 0.446. The van der Waals surface area contributed by atoms with Crippen molar-refractivity contribution < 1.29 is 4.79 Å². The van der Waals surface area contributed by atoms with E-state index in [0.717, 1.165) is 55.0 Å². The Morgan fingerprint density at radius 2 is 1.94 bits per heavy atom. The van der Waals surface area contributed by atoms with Gasteiger partial charge in [0.05, 0.1) is 17.6 Å². The number of hydrogen-bond donors (Lipinski definition) is 2. The number of piperidine rings is 1. The summed E-state index contributed by atoms with van der Waals surface area (Å²) >= 11 is 6.17. The van der Waals surface area contributed by atoms with E-state index in [2.05, 4.69) is 31.7 Å². The SMILES string of the molecule is CNCC1CCN(c2ccccc2NC(=O)c2ccn3ncc(-c4cccc(Cl)c4)c3n2)CC1. The second kappa shape index (κ2) is 9.83. The van der Waals surface area contributed by atoms with Gasteiger partial charge in [0.25, 0.3) is 5.91 Å². The van der Waals surface area contributed by atoms with Crippen LogP contribution in [0.15, 0.2) is 67.0 Å². The number of amides is 1. The maximum atomic E-state index is 13.2. The second-order valence-corrected chi connectivity index (χ2v) is 9.05. The van der Waals surface area contributed by atoms with Crippen LogP contribution in [0.25, 0.3) is 16.8 Å². The summed E-state index contributed by atoms with van der Waals surface area (Å²) in [4.78, 5) is 20.2. The number of halogens is 1. The highest BCUT2D eigenvalue weighted by molar-refractivity contribution is 6.30. The molecule has 1 aliphatic heterocycles. The van der Waals surface area contributed by atoms with Crippen LogP contribution in [0.1, 0.15) is 23.3 Å². The largest absolute Gasteiger partial charge is 0.370 e. The second-order valence-electron chi connectivity index (χ2n) is 8.61. The number of nitrogens with one attached hydrogen (secondary N) is 2. The maximum Gasteiger partial charge on any atom is 0.274 e. The summed E-state index contributed by atoms with van der Waals surface area (Å²) in [6, 6.07) is 17.2. The maximum absolute atomic E-state index is 13.2. The van der Waals surface area contributed by atoms with Crippen LogP contribution in [0, 0.1) is 5.92 Å². The molecule has 0 aliphatic carbocycles. The summed E-state index contributed by atoms with van der Waals surface area (Å²) in [6.07, 6.45) is 5.76. The molecule has 34 heavy (non-hydrogen) atoms. The van der Waals surface area contributed by atoms with Crippen LogP contribution >= 0.6 is 11.6 Å². The summed E-state index contributed by atoms with van der Waals surface area (Å²) in [7, 11) is 2.00. The standard InChI is InChI=1S/C26H27ClN6O/c1-28-16-18-9-12-32(13-10-18)24-8-3-2-7-22(24)31-26(34)23-11-14-33-25(30-23)21(17-29-33)19-5-4-6-20(27)15-19/h2-8,11,14-15,17-18,28H,9-10,12-13,16H2,1H3,(H,31,34). The van der Waals surface area contributed by atoms with Crippen LogP contribution in [0.4, 0.5) is 11.4 Å². The van der Waals surface area contributed by atoms with E-state index in [0.29, 0.717) is 22.3 Å². The number of anilines is 2. The zero-order chi connectivity index (χ0) is 23.5. The predicted octanol–water partition coefficient (Wildman–Crippen LogP) is 4.74. The summed E-state index contributed by atoms with van der Waals surface area (Å²) in [6.45, 7) is 3.00. The lowest BCUT2D eigenvalue weighted by Gasteiger charge is -2.34. The first-order valence-electron chi connectivity index (χ1n) is 11.5. The molecule has 4 aromatic rings. The van der Waals surface area contributed by atoms with Crippen LogP contribution < -0.4 is 15.5 Å². The van der Waals surface area contributed by atoms with E-state index in [-0.39, 0.29) is 5.91 Å². The van der Waals surface area contributed by atoms with Gasteiger partial charge in [-0.2, -0.15) is 5.10 Å². The average molecular weight is 475 g/mol. The molecular formula is C26H27ClN6O.